The van der Waals surface area contributed by atoms with Gasteiger partial charge in [-0.15, -0.1) is 0 Å². The van der Waals surface area contributed by atoms with Crippen molar-refractivity contribution in [3.8, 4) is 0 Å². The average molecular weight is 400 g/mol. The first kappa shape index (κ1) is 21.2. The molecule has 0 heterocycles. The van der Waals surface area contributed by atoms with Crippen LogP contribution >= 0.6 is 0 Å². The van der Waals surface area contributed by atoms with Crippen LogP contribution in [0.1, 0.15) is 38.0 Å². The van der Waals surface area contributed by atoms with Crippen molar-refractivity contribution < 1.29 is 33.6 Å². The molecule has 0 unspecified atom stereocenters. The maximum atomic E-state index is 12.2. The van der Waals surface area contributed by atoms with Gasteiger partial charge in [0.15, 0.2) is 12.4 Å². The molecule has 29 heavy (non-hydrogen) atoms. The fraction of sp³-hybridized carbons (Fsp3) is 0.158. The van der Waals surface area contributed by atoms with E-state index in [4.69, 9.17) is 4.74 Å². The molecular formula is C19H16N2O8. The number of ether oxygens (including phenoxy) is 2. The number of rotatable bonds is 7. The highest BCUT2D eigenvalue weighted by molar-refractivity contribution is 6.04. The number of methoxy groups -OCH3 is 1. The van der Waals surface area contributed by atoms with Gasteiger partial charge in [-0.25, -0.2) is 9.59 Å². The minimum absolute atomic E-state index is 0.214. The highest BCUT2D eigenvalue weighted by Gasteiger charge is 2.20. The Hall–Kier alpha value is -4.08. The molecule has 0 saturated carbocycles. The van der Waals surface area contributed by atoms with Crippen LogP contribution in [0.4, 0.5) is 11.4 Å². The Morgan fingerprint density at radius 2 is 1.66 bits per heavy atom. The molecule has 2 rings (SSSR count). The van der Waals surface area contributed by atoms with Gasteiger partial charge in [-0.05, 0) is 25.1 Å². The summed E-state index contributed by atoms with van der Waals surface area (Å²) in [5.74, 6) is -2.90. The Bertz CT molecular complexity index is 999. The first-order chi connectivity index (χ1) is 13.7. The number of non-ortho nitro benzene ring substituents is 1. The van der Waals surface area contributed by atoms with Crippen LogP contribution in [0.5, 0.6) is 0 Å². The Kier molecular flexibility index (Phi) is 6.75. The van der Waals surface area contributed by atoms with Gasteiger partial charge in [0.05, 0.1) is 28.8 Å². The summed E-state index contributed by atoms with van der Waals surface area (Å²) in [4.78, 5) is 57.6. The number of carbonyl (C=O) groups excluding carboxylic acids is 4. The fourth-order valence-electron chi connectivity index (χ4n) is 2.37. The highest BCUT2D eigenvalue weighted by atomic mass is 16.6. The molecule has 0 aliphatic carbocycles. The zero-order valence-electron chi connectivity index (χ0n) is 15.5. The van der Waals surface area contributed by atoms with Crippen molar-refractivity contribution in [1.29, 1.82) is 0 Å². The second-order valence-electron chi connectivity index (χ2n) is 5.74. The Morgan fingerprint density at radius 1 is 1.03 bits per heavy atom. The number of nitro benzene ring substituents is 1. The van der Waals surface area contributed by atoms with E-state index >= 15 is 0 Å². The lowest BCUT2D eigenvalue weighted by Crippen LogP contribution is -2.22. The van der Waals surface area contributed by atoms with E-state index < -0.39 is 35.1 Å². The number of anilines is 1. The predicted molar refractivity (Wildman–Crippen MR) is 99.8 cm³/mol. The summed E-state index contributed by atoms with van der Waals surface area (Å²) in [6.45, 7) is 0.632. The minimum Gasteiger partial charge on any atom is -0.465 e. The number of esters is 2. The second-order valence-corrected chi connectivity index (χ2v) is 5.74. The van der Waals surface area contributed by atoms with Crippen LogP contribution < -0.4 is 5.32 Å². The molecule has 0 saturated heterocycles. The molecule has 0 atom stereocenters. The van der Waals surface area contributed by atoms with E-state index in [2.05, 4.69) is 10.1 Å². The number of nitrogens with one attached hydrogen (secondary N) is 1. The summed E-state index contributed by atoms with van der Waals surface area (Å²) < 4.78 is 9.35. The molecule has 2 aromatic carbocycles. The van der Waals surface area contributed by atoms with Crippen LogP contribution in [0, 0.1) is 10.1 Å². The van der Waals surface area contributed by atoms with Gasteiger partial charge in [0.2, 0.25) is 0 Å². The first-order valence-electron chi connectivity index (χ1n) is 8.17. The van der Waals surface area contributed by atoms with Gasteiger partial charge in [0.25, 0.3) is 11.6 Å². The van der Waals surface area contributed by atoms with E-state index in [1.807, 2.05) is 0 Å². The summed E-state index contributed by atoms with van der Waals surface area (Å²) in [6.07, 6.45) is 0. The molecule has 10 heteroatoms. The SMILES string of the molecule is COC(=O)c1cc(C(=O)OCC(=O)Nc2ccccc2C(C)=O)cc([N+](=O)[O-])c1. The molecular weight excluding hydrogens is 384 g/mol. The molecule has 0 fully saturated rings. The van der Waals surface area contributed by atoms with Gasteiger partial charge in [-0.3, -0.25) is 19.7 Å². The van der Waals surface area contributed by atoms with Crippen LogP contribution in [0.25, 0.3) is 0 Å². The maximum Gasteiger partial charge on any atom is 0.338 e. The Balaban J connectivity index is 2.12. The molecule has 2 aromatic rings. The molecule has 1 N–H and O–H groups in total. The topological polar surface area (TPSA) is 142 Å². The zero-order valence-corrected chi connectivity index (χ0v) is 15.5. The third-order valence-electron chi connectivity index (χ3n) is 3.70. The van der Waals surface area contributed by atoms with Gasteiger partial charge >= 0.3 is 11.9 Å². The van der Waals surface area contributed by atoms with E-state index in [-0.39, 0.29) is 28.2 Å². The lowest BCUT2D eigenvalue weighted by atomic mass is 10.1. The third kappa shape index (κ3) is 5.45. The lowest BCUT2D eigenvalue weighted by Gasteiger charge is -2.10. The van der Waals surface area contributed by atoms with Gasteiger partial charge in [-0.2, -0.15) is 0 Å². The molecule has 0 aromatic heterocycles. The first-order valence-corrected chi connectivity index (χ1v) is 8.17. The molecule has 0 radical (unpaired) electrons. The van der Waals surface area contributed by atoms with E-state index in [1.165, 1.54) is 19.1 Å². The summed E-state index contributed by atoms with van der Waals surface area (Å²) in [5, 5.41) is 13.5. The van der Waals surface area contributed by atoms with Crippen LogP contribution in [0.3, 0.4) is 0 Å². The number of nitro groups is 1. The summed E-state index contributed by atoms with van der Waals surface area (Å²) in [6, 6.07) is 9.22. The largest absolute Gasteiger partial charge is 0.465 e. The van der Waals surface area contributed by atoms with Crippen molar-refractivity contribution in [1.82, 2.24) is 0 Å². The average Bonchev–Trinajstić information content (AvgIpc) is 2.71. The second kappa shape index (κ2) is 9.22. The van der Waals surface area contributed by atoms with Gasteiger partial charge < -0.3 is 14.8 Å². The number of para-hydroxylation sites is 1. The number of Topliss-reactive ketones (excluding diaryl/α,β-unsaturated/α-hetero) is 1. The lowest BCUT2D eigenvalue weighted by molar-refractivity contribution is -0.384. The van der Waals surface area contributed by atoms with Crippen molar-refractivity contribution in [2.75, 3.05) is 19.0 Å². The van der Waals surface area contributed by atoms with Crippen molar-refractivity contribution >= 4 is 35.0 Å². The van der Waals surface area contributed by atoms with E-state index in [1.54, 1.807) is 12.1 Å². The van der Waals surface area contributed by atoms with Gasteiger partial charge in [-0.1, -0.05) is 12.1 Å². The van der Waals surface area contributed by atoms with E-state index in [9.17, 15) is 29.3 Å². The normalized spacial score (nSPS) is 10.0. The summed E-state index contributed by atoms with van der Waals surface area (Å²) in [5.41, 5.74) is -0.484. The third-order valence-corrected chi connectivity index (χ3v) is 3.70. The number of hydrogen-bond donors (Lipinski definition) is 1. The molecule has 0 aliphatic heterocycles. The fourth-order valence-corrected chi connectivity index (χ4v) is 2.37. The number of hydrogen-bond acceptors (Lipinski definition) is 8. The quantitative estimate of drug-likeness (QED) is 0.323. The van der Waals surface area contributed by atoms with Crippen LogP contribution in [-0.4, -0.2) is 42.3 Å². The molecule has 10 nitrogen and oxygen atoms in total. The Labute approximate surface area is 164 Å². The van der Waals surface area contributed by atoms with E-state index in [0.717, 1.165) is 25.3 Å². The molecule has 0 bridgehead atoms. The predicted octanol–water partition coefficient (Wildman–Crippen LogP) is 2.38. The number of benzene rings is 2. The van der Waals surface area contributed by atoms with Crippen molar-refractivity contribution in [2.45, 2.75) is 6.92 Å². The maximum absolute atomic E-state index is 12.2. The van der Waals surface area contributed by atoms with Crippen LogP contribution in [0.15, 0.2) is 42.5 Å². The number of amides is 1. The molecule has 0 aliphatic rings. The van der Waals surface area contributed by atoms with Crippen LogP contribution in [0.2, 0.25) is 0 Å². The van der Waals surface area contributed by atoms with E-state index in [0.29, 0.717) is 0 Å². The van der Waals surface area contributed by atoms with Gasteiger partial charge in [0.1, 0.15) is 0 Å². The number of ketones is 1. The highest BCUT2D eigenvalue weighted by Crippen LogP contribution is 2.19. The minimum atomic E-state index is -1.05. The van der Waals surface area contributed by atoms with Crippen molar-refractivity contribution in [2.24, 2.45) is 0 Å². The van der Waals surface area contributed by atoms with Gasteiger partial charge in [0, 0.05) is 17.7 Å². The smallest absolute Gasteiger partial charge is 0.338 e. The van der Waals surface area contributed by atoms with Crippen LogP contribution in [-0.2, 0) is 14.3 Å². The monoisotopic (exact) mass is 400 g/mol. The molecule has 150 valence electrons. The molecule has 1 amide bonds. The zero-order chi connectivity index (χ0) is 21.6. The standard InChI is InChI=1S/C19H16N2O8/c1-11(22)15-5-3-4-6-16(15)20-17(23)10-29-19(25)13-7-12(18(24)28-2)8-14(9-13)21(26)27/h3-9H,10H2,1-2H3,(H,20,23). The molecule has 0 spiro atoms. The number of carbonyl (C=O) groups is 4. The van der Waals surface area contributed by atoms with Crippen molar-refractivity contribution in [3.63, 3.8) is 0 Å². The number of nitrogens with zero attached hydrogens (tertiary/aromatic N) is 1. The Morgan fingerprint density at radius 3 is 2.24 bits per heavy atom. The summed E-state index contributed by atoms with van der Waals surface area (Å²) in [7, 11) is 1.09. The van der Waals surface area contributed by atoms with Crippen molar-refractivity contribution in [3.05, 3.63) is 69.3 Å². The summed E-state index contributed by atoms with van der Waals surface area (Å²) >= 11 is 0.